The van der Waals surface area contributed by atoms with Gasteiger partial charge in [0.1, 0.15) is 17.7 Å². The van der Waals surface area contributed by atoms with Crippen LogP contribution in [-0.2, 0) is 23.9 Å². The number of carbonyl (C=O) groups excluding carboxylic acids is 5. The molecular formula is C37H51N5O6. The first-order valence-electron chi connectivity index (χ1n) is 16.8. The van der Waals surface area contributed by atoms with Gasteiger partial charge in [0.15, 0.2) is 0 Å². The number of nitrogens with one attached hydrogen (secondary N) is 2. The Morgan fingerprint density at radius 1 is 0.958 bits per heavy atom. The summed E-state index contributed by atoms with van der Waals surface area (Å²) in [6.45, 7) is 12.3. The first-order valence-corrected chi connectivity index (χ1v) is 16.8. The molecule has 4 rings (SSSR count). The zero-order chi connectivity index (χ0) is 35.4. The number of hydrogen-bond donors (Lipinski definition) is 2. The molecule has 2 saturated heterocycles. The van der Waals surface area contributed by atoms with E-state index in [0.717, 1.165) is 11.1 Å². The molecule has 2 fully saturated rings. The minimum absolute atomic E-state index is 0.0881. The fraction of sp³-hybridized carbons (Fsp3) is 0.541. The number of likely N-dealkylation sites (N-methyl/N-ethyl adjacent to an activating group) is 1. The topological polar surface area (TPSA) is 128 Å². The average Bonchev–Trinajstić information content (AvgIpc) is 3.45. The summed E-state index contributed by atoms with van der Waals surface area (Å²) in [6, 6.07) is 17.2. The van der Waals surface area contributed by atoms with Crippen molar-refractivity contribution in [3.05, 3.63) is 71.8 Å². The summed E-state index contributed by atoms with van der Waals surface area (Å²) < 4.78 is 5.42. The Morgan fingerprint density at radius 2 is 1.52 bits per heavy atom. The van der Waals surface area contributed by atoms with Crippen LogP contribution in [0.1, 0.15) is 84.9 Å². The molecule has 4 atom stereocenters. The van der Waals surface area contributed by atoms with Crippen LogP contribution in [0.25, 0.3) is 0 Å². The number of fused-ring (bicyclic) bond motifs is 1. The smallest absolute Gasteiger partial charge is 0.410 e. The molecule has 2 aromatic rings. The maximum atomic E-state index is 14.7. The second-order valence-corrected chi connectivity index (χ2v) is 14.4. The highest BCUT2D eigenvalue weighted by molar-refractivity contribution is 5.92. The van der Waals surface area contributed by atoms with Gasteiger partial charge in [-0.2, -0.15) is 0 Å². The van der Waals surface area contributed by atoms with E-state index in [-0.39, 0.29) is 30.3 Å². The summed E-state index contributed by atoms with van der Waals surface area (Å²) >= 11 is 0. The molecule has 0 aromatic heterocycles. The zero-order valence-corrected chi connectivity index (χ0v) is 29.5. The molecule has 2 heterocycles. The fourth-order valence-electron chi connectivity index (χ4n) is 6.80. The van der Waals surface area contributed by atoms with Crippen LogP contribution >= 0.6 is 0 Å². The summed E-state index contributed by atoms with van der Waals surface area (Å²) in [6.07, 6.45) is 0.994. The maximum Gasteiger partial charge on any atom is 0.410 e. The quantitative estimate of drug-likeness (QED) is 0.435. The molecule has 2 aliphatic heterocycles. The first kappa shape index (κ1) is 36.4. The van der Waals surface area contributed by atoms with E-state index in [1.54, 1.807) is 37.5 Å². The van der Waals surface area contributed by atoms with E-state index < -0.39 is 47.2 Å². The lowest BCUT2D eigenvalue weighted by Crippen LogP contribution is -2.64. The third-order valence-electron chi connectivity index (χ3n) is 9.65. The Hall–Kier alpha value is -4.41. The van der Waals surface area contributed by atoms with Crippen LogP contribution in [0.5, 0.6) is 0 Å². The lowest BCUT2D eigenvalue weighted by molar-refractivity contribution is -0.154. The summed E-state index contributed by atoms with van der Waals surface area (Å²) in [5.74, 6) is -2.04. The average molecular weight is 662 g/mol. The lowest BCUT2D eigenvalue weighted by atomic mass is 9.82. The Kier molecular flexibility index (Phi) is 11.2. The molecule has 0 spiro atoms. The molecule has 260 valence electrons. The van der Waals surface area contributed by atoms with E-state index in [4.69, 9.17) is 4.74 Å². The number of amides is 5. The Balaban J connectivity index is 1.59. The van der Waals surface area contributed by atoms with Gasteiger partial charge in [0, 0.05) is 33.1 Å². The monoisotopic (exact) mass is 661 g/mol. The van der Waals surface area contributed by atoms with E-state index in [1.165, 1.54) is 18.9 Å². The molecule has 0 aliphatic carbocycles. The Morgan fingerprint density at radius 3 is 2.04 bits per heavy atom. The van der Waals surface area contributed by atoms with Crippen LogP contribution < -0.4 is 10.6 Å². The highest BCUT2D eigenvalue weighted by Gasteiger charge is 2.51. The third-order valence-corrected chi connectivity index (χ3v) is 9.65. The van der Waals surface area contributed by atoms with Gasteiger partial charge >= 0.3 is 6.09 Å². The molecule has 48 heavy (non-hydrogen) atoms. The van der Waals surface area contributed by atoms with E-state index in [1.807, 2.05) is 74.5 Å². The van der Waals surface area contributed by atoms with E-state index in [0.29, 0.717) is 25.8 Å². The second-order valence-electron chi connectivity index (χ2n) is 14.4. The van der Waals surface area contributed by atoms with Crippen LogP contribution in [0, 0.1) is 5.92 Å². The highest BCUT2D eigenvalue weighted by Crippen LogP contribution is 2.37. The molecule has 2 N–H and O–H groups in total. The number of carbonyl (C=O) groups is 5. The molecular weight excluding hydrogens is 610 g/mol. The Labute approximate surface area is 284 Å². The maximum absolute atomic E-state index is 14.7. The first-order chi connectivity index (χ1) is 22.5. The lowest BCUT2D eigenvalue weighted by Gasteiger charge is -2.48. The molecule has 5 amide bonds. The summed E-state index contributed by atoms with van der Waals surface area (Å²) in [5.41, 5.74) is 0.135. The number of ether oxygens (including phenoxy) is 1. The molecule has 0 radical (unpaired) electrons. The summed E-state index contributed by atoms with van der Waals surface area (Å²) in [7, 11) is 1.48. The SMILES string of the molecule is CC(=O)N1CC[C@H]2CC[C@@H](C(=O)NC(c3ccccc3)c3ccccc3)N2C(=O)C(CNC(=O)[C@H](C)N(C)C(=O)OC(C)(C)C)C1(C)C. The van der Waals surface area contributed by atoms with Gasteiger partial charge in [0.2, 0.25) is 23.6 Å². The van der Waals surface area contributed by atoms with Gasteiger partial charge < -0.3 is 25.2 Å². The zero-order valence-electron chi connectivity index (χ0n) is 29.5. The predicted molar refractivity (Wildman–Crippen MR) is 183 cm³/mol. The number of nitrogens with zero attached hydrogens (tertiary/aromatic N) is 3. The highest BCUT2D eigenvalue weighted by atomic mass is 16.6. The third kappa shape index (κ3) is 8.17. The number of benzene rings is 2. The molecule has 11 heteroatoms. The van der Waals surface area contributed by atoms with Crippen molar-refractivity contribution >= 4 is 29.7 Å². The standard InChI is InChI=1S/C37H51N5O6/c1-24(40(8)35(47)48-36(3,4)5)32(44)38-23-29-34(46)42-28(21-22-41(25(2)43)37(29,6)7)19-20-30(42)33(45)39-31(26-15-11-9-12-16-26)27-17-13-10-14-18-27/h9-18,24,28-31H,19-23H2,1-8H3,(H,38,44)(H,39,45)/t24-,28+,29?,30-/m0/s1. The van der Waals surface area contributed by atoms with Crippen molar-refractivity contribution in [2.75, 3.05) is 20.1 Å². The summed E-state index contributed by atoms with van der Waals surface area (Å²) in [5, 5.41) is 6.10. The summed E-state index contributed by atoms with van der Waals surface area (Å²) in [4.78, 5) is 72.3. The Bertz CT molecular complexity index is 1430. The predicted octanol–water partition coefficient (Wildman–Crippen LogP) is 4.27. The van der Waals surface area contributed by atoms with Crippen LogP contribution in [0.3, 0.4) is 0 Å². The van der Waals surface area contributed by atoms with Crippen LogP contribution in [-0.4, -0.2) is 93.8 Å². The molecule has 0 bridgehead atoms. The molecule has 2 aromatic carbocycles. The van der Waals surface area contributed by atoms with Crippen molar-refractivity contribution in [2.24, 2.45) is 5.92 Å². The molecule has 2 aliphatic rings. The van der Waals surface area contributed by atoms with Gasteiger partial charge in [-0.15, -0.1) is 0 Å². The van der Waals surface area contributed by atoms with E-state index >= 15 is 0 Å². The van der Waals surface area contributed by atoms with Crippen molar-refractivity contribution in [3.63, 3.8) is 0 Å². The van der Waals surface area contributed by atoms with Crippen molar-refractivity contribution in [3.8, 4) is 0 Å². The van der Waals surface area contributed by atoms with Crippen molar-refractivity contribution in [1.29, 1.82) is 0 Å². The van der Waals surface area contributed by atoms with Crippen LogP contribution in [0.2, 0.25) is 0 Å². The van der Waals surface area contributed by atoms with Gasteiger partial charge in [0.25, 0.3) is 0 Å². The normalized spacial score (nSPS) is 21.4. The van der Waals surface area contributed by atoms with Gasteiger partial charge in [-0.05, 0) is 71.9 Å². The van der Waals surface area contributed by atoms with E-state index in [2.05, 4.69) is 10.6 Å². The number of hydrogen-bond acceptors (Lipinski definition) is 6. The number of rotatable bonds is 8. The van der Waals surface area contributed by atoms with Crippen LogP contribution in [0.4, 0.5) is 4.79 Å². The van der Waals surface area contributed by atoms with Gasteiger partial charge in [0.05, 0.1) is 17.5 Å². The minimum Gasteiger partial charge on any atom is -0.444 e. The van der Waals surface area contributed by atoms with Gasteiger partial charge in [-0.25, -0.2) is 4.79 Å². The van der Waals surface area contributed by atoms with Gasteiger partial charge in [-0.3, -0.25) is 24.1 Å². The van der Waals surface area contributed by atoms with Crippen molar-refractivity contribution in [1.82, 2.24) is 25.3 Å². The molecule has 0 saturated carbocycles. The van der Waals surface area contributed by atoms with Crippen molar-refractivity contribution < 1.29 is 28.7 Å². The molecule has 11 nitrogen and oxygen atoms in total. The largest absolute Gasteiger partial charge is 0.444 e. The molecule has 1 unspecified atom stereocenters. The van der Waals surface area contributed by atoms with Crippen LogP contribution in [0.15, 0.2) is 60.7 Å². The minimum atomic E-state index is -0.984. The van der Waals surface area contributed by atoms with E-state index in [9.17, 15) is 24.0 Å². The van der Waals surface area contributed by atoms with Crippen molar-refractivity contribution in [2.45, 2.75) is 103 Å². The fourth-order valence-corrected chi connectivity index (χ4v) is 6.80. The second kappa shape index (κ2) is 14.8. The van der Waals surface area contributed by atoms with Gasteiger partial charge in [-0.1, -0.05) is 60.7 Å².